The van der Waals surface area contributed by atoms with Crippen molar-refractivity contribution in [3.8, 4) is 5.75 Å². The lowest BCUT2D eigenvalue weighted by molar-refractivity contribution is 0.00368. The van der Waals surface area contributed by atoms with E-state index >= 15 is 0 Å². The minimum atomic E-state index is -3.28. The maximum Gasteiger partial charge on any atom is 0.288 e. The van der Waals surface area contributed by atoms with E-state index in [0.29, 0.717) is 0 Å². The summed E-state index contributed by atoms with van der Waals surface area (Å²) in [7, 11) is 0. The lowest BCUT2D eigenvalue weighted by Gasteiger charge is -2.16. The largest absolute Gasteiger partial charge is 0.506 e. The second kappa shape index (κ2) is 4.00. The van der Waals surface area contributed by atoms with Crippen molar-refractivity contribution in [1.29, 1.82) is 0 Å². The smallest absolute Gasteiger partial charge is 0.288 e. The number of phenols is 1. The minimum Gasteiger partial charge on any atom is -0.506 e. The fourth-order valence-corrected chi connectivity index (χ4v) is 1.76. The number of hydrogen-bond donors (Lipinski definition) is 2. The van der Waals surface area contributed by atoms with Crippen LogP contribution in [0.15, 0.2) is 16.6 Å². The molecule has 1 rings (SSSR count). The van der Waals surface area contributed by atoms with E-state index in [9.17, 15) is 13.9 Å². The van der Waals surface area contributed by atoms with Gasteiger partial charge in [-0.3, -0.25) is 0 Å². The monoisotopic (exact) mass is 285 g/mol. The Morgan fingerprint density at radius 2 is 2.07 bits per heavy atom. The molecule has 0 aliphatic heterocycles. The van der Waals surface area contributed by atoms with Crippen LogP contribution in [-0.2, 0) is 5.92 Å². The quantitative estimate of drug-likeness (QED) is 0.878. The highest BCUT2D eigenvalue weighted by molar-refractivity contribution is 9.10. The Hall–Kier alpha value is -0.390. The number of nitrogens with two attached hydrogens (primary N) is 1. The zero-order valence-corrected chi connectivity index (χ0v) is 9.24. The van der Waals surface area contributed by atoms with Crippen molar-refractivity contribution >= 4 is 27.5 Å². The molecule has 3 N–H and O–H groups in total. The van der Waals surface area contributed by atoms with E-state index in [2.05, 4.69) is 15.9 Å². The molecule has 0 aliphatic rings. The van der Waals surface area contributed by atoms with Gasteiger partial charge >= 0.3 is 0 Å². The van der Waals surface area contributed by atoms with E-state index in [1.807, 2.05) is 0 Å². The SMILES string of the molecule is NCC(F)(F)c1cc(Cl)cc(Br)c1O. The first kappa shape index (κ1) is 11.7. The summed E-state index contributed by atoms with van der Waals surface area (Å²) in [5.41, 5.74) is 4.32. The predicted molar refractivity (Wildman–Crippen MR) is 53.8 cm³/mol. The van der Waals surface area contributed by atoms with Crippen LogP contribution in [0.1, 0.15) is 5.56 Å². The number of rotatable bonds is 2. The lowest BCUT2D eigenvalue weighted by atomic mass is 10.1. The molecule has 0 radical (unpaired) electrons. The zero-order valence-electron chi connectivity index (χ0n) is 6.90. The van der Waals surface area contributed by atoms with Crippen molar-refractivity contribution in [3.63, 3.8) is 0 Å². The van der Waals surface area contributed by atoms with Gasteiger partial charge in [-0.15, -0.1) is 0 Å². The standard InChI is InChI=1S/C8H7BrClF2NO/c9-6-2-4(10)1-5(7(6)14)8(11,12)3-13/h1-2,14H,3,13H2. The maximum absolute atomic E-state index is 13.1. The molecule has 78 valence electrons. The van der Waals surface area contributed by atoms with Crippen LogP contribution in [0.4, 0.5) is 8.78 Å². The van der Waals surface area contributed by atoms with Crippen LogP contribution in [-0.4, -0.2) is 11.7 Å². The number of aromatic hydroxyl groups is 1. The molecule has 0 aliphatic carbocycles. The Morgan fingerprint density at radius 1 is 1.50 bits per heavy atom. The van der Waals surface area contributed by atoms with Gasteiger partial charge in [-0.05, 0) is 28.1 Å². The van der Waals surface area contributed by atoms with Gasteiger partial charge < -0.3 is 10.8 Å². The molecule has 6 heteroatoms. The van der Waals surface area contributed by atoms with Gasteiger partial charge in [0.15, 0.2) is 0 Å². The average molecular weight is 287 g/mol. The van der Waals surface area contributed by atoms with Crippen LogP contribution in [0.3, 0.4) is 0 Å². The topological polar surface area (TPSA) is 46.2 Å². The van der Waals surface area contributed by atoms with Gasteiger partial charge in [0.25, 0.3) is 5.92 Å². The van der Waals surface area contributed by atoms with Gasteiger partial charge in [0.1, 0.15) is 5.75 Å². The van der Waals surface area contributed by atoms with Crippen LogP contribution in [0, 0.1) is 0 Å². The Kier molecular flexibility index (Phi) is 3.34. The summed E-state index contributed by atoms with van der Waals surface area (Å²) in [5.74, 6) is -3.82. The highest BCUT2D eigenvalue weighted by atomic mass is 79.9. The number of hydrogen-bond acceptors (Lipinski definition) is 2. The summed E-state index contributed by atoms with van der Waals surface area (Å²) in [4.78, 5) is 0. The fraction of sp³-hybridized carbons (Fsp3) is 0.250. The van der Waals surface area contributed by atoms with Crippen molar-refractivity contribution in [3.05, 3.63) is 27.2 Å². The first-order valence-corrected chi connectivity index (χ1v) is 4.82. The molecule has 14 heavy (non-hydrogen) atoms. The van der Waals surface area contributed by atoms with Gasteiger partial charge in [-0.1, -0.05) is 11.6 Å². The van der Waals surface area contributed by atoms with Gasteiger partial charge in [-0.2, -0.15) is 8.78 Å². The molecule has 0 spiro atoms. The molecule has 0 saturated carbocycles. The molecule has 1 aromatic rings. The summed E-state index contributed by atoms with van der Waals surface area (Å²) in [6.07, 6.45) is 0. The van der Waals surface area contributed by atoms with Gasteiger partial charge in [0, 0.05) is 5.02 Å². The molecule has 0 aromatic heterocycles. The molecular formula is C8H7BrClF2NO. The first-order chi connectivity index (χ1) is 6.38. The molecule has 1 aromatic carbocycles. The summed E-state index contributed by atoms with van der Waals surface area (Å²) >= 11 is 8.48. The summed E-state index contributed by atoms with van der Waals surface area (Å²) in [6, 6.07) is 2.32. The molecule has 2 nitrogen and oxygen atoms in total. The molecule has 0 heterocycles. The number of halogens is 4. The van der Waals surface area contributed by atoms with Crippen molar-refractivity contribution in [2.75, 3.05) is 6.54 Å². The fourth-order valence-electron chi connectivity index (χ4n) is 0.955. The molecule has 0 fully saturated rings. The van der Waals surface area contributed by atoms with Crippen molar-refractivity contribution in [2.45, 2.75) is 5.92 Å². The van der Waals surface area contributed by atoms with E-state index in [-0.39, 0.29) is 9.50 Å². The highest BCUT2D eigenvalue weighted by Gasteiger charge is 2.33. The summed E-state index contributed by atoms with van der Waals surface area (Å²) < 4.78 is 26.4. The van der Waals surface area contributed by atoms with E-state index in [4.69, 9.17) is 17.3 Å². The molecular weight excluding hydrogens is 279 g/mol. The Labute approximate surface area is 92.8 Å². The van der Waals surface area contributed by atoms with Crippen LogP contribution < -0.4 is 5.73 Å². The van der Waals surface area contributed by atoms with Crippen molar-refractivity contribution < 1.29 is 13.9 Å². The Morgan fingerprint density at radius 3 is 2.57 bits per heavy atom. The van der Waals surface area contributed by atoms with E-state index in [1.165, 1.54) is 6.07 Å². The van der Waals surface area contributed by atoms with Crippen LogP contribution in [0.2, 0.25) is 5.02 Å². The Bertz CT molecular complexity index is 359. The predicted octanol–water partition coefficient (Wildman–Crippen LogP) is 2.86. The van der Waals surface area contributed by atoms with Crippen LogP contribution in [0.5, 0.6) is 5.75 Å². The Balaban J connectivity index is 3.34. The summed E-state index contributed by atoms with van der Waals surface area (Å²) in [6.45, 7) is -0.882. The highest BCUT2D eigenvalue weighted by Crippen LogP contribution is 2.39. The molecule has 0 amide bonds. The zero-order chi connectivity index (χ0) is 10.9. The maximum atomic E-state index is 13.1. The van der Waals surface area contributed by atoms with Crippen LogP contribution >= 0.6 is 27.5 Å². The first-order valence-electron chi connectivity index (χ1n) is 3.65. The minimum absolute atomic E-state index is 0.109. The van der Waals surface area contributed by atoms with Gasteiger partial charge in [0.2, 0.25) is 0 Å². The van der Waals surface area contributed by atoms with Crippen molar-refractivity contribution in [2.24, 2.45) is 5.73 Å². The van der Waals surface area contributed by atoms with E-state index in [1.54, 1.807) is 0 Å². The third-order valence-corrected chi connectivity index (χ3v) is 2.50. The number of benzene rings is 1. The molecule has 0 atom stereocenters. The molecule has 0 unspecified atom stereocenters. The normalized spacial score (nSPS) is 11.8. The van der Waals surface area contributed by atoms with E-state index < -0.39 is 23.8 Å². The van der Waals surface area contributed by atoms with Gasteiger partial charge in [-0.25, -0.2) is 0 Å². The molecule has 0 saturated heterocycles. The number of alkyl halides is 2. The van der Waals surface area contributed by atoms with E-state index in [0.717, 1.165) is 6.07 Å². The average Bonchev–Trinajstić information content (AvgIpc) is 2.11. The van der Waals surface area contributed by atoms with Crippen molar-refractivity contribution in [1.82, 2.24) is 0 Å². The second-order valence-corrected chi connectivity index (χ2v) is 3.98. The van der Waals surface area contributed by atoms with Crippen LogP contribution in [0.25, 0.3) is 0 Å². The summed E-state index contributed by atoms with van der Waals surface area (Å²) in [5, 5.41) is 9.46. The molecule has 0 bridgehead atoms. The second-order valence-electron chi connectivity index (χ2n) is 2.69. The lowest BCUT2D eigenvalue weighted by Crippen LogP contribution is -2.25. The number of phenolic OH excluding ortho intramolecular Hbond substituents is 1. The third kappa shape index (κ3) is 2.16. The third-order valence-electron chi connectivity index (χ3n) is 1.68. The van der Waals surface area contributed by atoms with Gasteiger partial charge in [0.05, 0.1) is 16.6 Å².